The van der Waals surface area contributed by atoms with Gasteiger partial charge in [-0.05, 0) is 54.0 Å². The molecule has 1 aliphatic heterocycles. The van der Waals surface area contributed by atoms with Gasteiger partial charge in [0.2, 0.25) is 0 Å². The molecule has 2 aromatic carbocycles. The second-order valence-electron chi connectivity index (χ2n) is 7.57. The van der Waals surface area contributed by atoms with Gasteiger partial charge in [-0.15, -0.1) is 0 Å². The number of ether oxygens (including phenoxy) is 2. The molecule has 2 atom stereocenters. The second kappa shape index (κ2) is 8.51. The van der Waals surface area contributed by atoms with Crippen LogP contribution in [0.4, 0.5) is 5.69 Å². The molecule has 0 bridgehead atoms. The van der Waals surface area contributed by atoms with E-state index in [-0.39, 0.29) is 5.91 Å². The average molecular weight is 419 g/mol. The maximum absolute atomic E-state index is 12.6. The van der Waals surface area contributed by atoms with Crippen molar-refractivity contribution in [1.29, 1.82) is 0 Å². The zero-order valence-corrected chi connectivity index (χ0v) is 17.7. The summed E-state index contributed by atoms with van der Waals surface area (Å²) in [7, 11) is 3.05. The predicted molar refractivity (Wildman–Crippen MR) is 118 cm³/mol. The molecule has 31 heavy (non-hydrogen) atoms. The molecule has 0 radical (unpaired) electrons. The van der Waals surface area contributed by atoms with E-state index in [0.29, 0.717) is 23.4 Å². The van der Waals surface area contributed by atoms with Crippen LogP contribution in [0.1, 0.15) is 35.1 Å². The number of methoxy groups -OCH3 is 2. The summed E-state index contributed by atoms with van der Waals surface area (Å²) < 4.78 is 16.4. The molecule has 1 amide bonds. The number of furan rings is 1. The molecule has 160 valence electrons. The molecule has 6 nitrogen and oxygen atoms in total. The van der Waals surface area contributed by atoms with Crippen LogP contribution in [0.3, 0.4) is 0 Å². The number of anilines is 1. The van der Waals surface area contributed by atoms with E-state index in [1.807, 2.05) is 55.5 Å². The first-order chi connectivity index (χ1) is 15.0. The lowest BCUT2D eigenvalue weighted by Gasteiger charge is -2.40. The molecule has 2 N–H and O–H groups in total. The molecule has 1 aromatic heterocycles. The Balaban J connectivity index is 1.79. The lowest BCUT2D eigenvalue weighted by Crippen LogP contribution is -2.52. The fourth-order valence-corrected chi connectivity index (χ4v) is 4.01. The molecule has 2 unspecified atom stereocenters. The number of nitrogens with one attached hydrogen (secondary N) is 1. The molecule has 0 saturated heterocycles. The lowest BCUT2D eigenvalue weighted by molar-refractivity contribution is -0.142. The third-order valence-electron chi connectivity index (χ3n) is 5.50. The van der Waals surface area contributed by atoms with Gasteiger partial charge in [0, 0.05) is 25.5 Å². The first kappa shape index (κ1) is 21.1. The number of aliphatic hydroxyl groups is 1. The summed E-state index contributed by atoms with van der Waals surface area (Å²) >= 11 is 0. The molecule has 6 heteroatoms. The van der Waals surface area contributed by atoms with Gasteiger partial charge >= 0.3 is 0 Å². The van der Waals surface area contributed by atoms with E-state index in [9.17, 15) is 9.90 Å². The molecule has 0 spiro atoms. The van der Waals surface area contributed by atoms with Gasteiger partial charge in [0.25, 0.3) is 5.91 Å². The van der Waals surface area contributed by atoms with Crippen LogP contribution in [-0.2, 0) is 26.5 Å². The number of carbonyl (C=O) groups excluding carboxylic acids is 1. The van der Waals surface area contributed by atoms with Crippen molar-refractivity contribution in [3.8, 4) is 0 Å². The van der Waals surface area contributed by atoms with E-state index in [4.69, 9.17) is 13.9 Å². The Hall–Kier alpha value is -3.19. The van der Waals surface area contributed by atoms with E-state index in [2.05, 4.69) is 5.32 Å². The second-order valence-corrected chi connectivity index (χ2v) is 7.57. The van der Waals surface area contributed by atoms with Crippen molar-refractivity contribution in [2.75, 3.05) is 19.5 Å². The van der Waals surface area contributed by atoms with Gasteiger partial charge in [0.15, 0.2) is 11.7 Å². The van der Waals surface area contributed by atoms with Crippen LogP contribution in [0.5, 0.6) is 0 Å². The van der Waals surface area contributed by atoms with Gasteiger partial charge in [0.05, 0.1) is 0 Å². The molecule has 0 fully saturated rings. The van der Waals surface area contributed by atoms with Crippen molar-refractivity contribution in [1.82, 2.24) is 0 Å². The van der Waals surface area contributed by atoms with Crippen LogP contribution < -0.4 is 5.32 Å². The van der Waals surface area contributed by atoms with Gasteiger partial charge < -0.3 is 24.3 Å². The quantitative estimate of drug-likeness (QED) is 0.626. The molecule has 2 heterocycles. The highest BCUT2D eigenvalue weighted by Crippen LogP contribution is 2.42. The van der Waals surface area contributed by atoms with Crippen LogP contribution in [0.2, 0.25) is 0 Å². The minimum atomic E-state index is -1.62. The molecule has 1 aliphatic rings. The normalized spacial score (nSPS) is 21.0. The van der Waals surface area contributed by atoms with Crippen molar-refractivity contribution < 1.29 is 23.8 Å². The number of benzene rings is 2. The Morgan fingerprint density at radius 3 is 2.65 bits per heavy atom. The minimum absolute atomic E-state index is 0.387. The standard InChI is InChI=1S/C25H25NO5/c1-16(22-12-10-19(31-22)15-29-2)13-17-9-11-21-20(14-17)25(28,18-7-5-4-6-8-18)23(30-3)24(27)26-21/h4-14,23,28H,15H2,1-3H3,(H,26,27)/b16-13+. The first-order valence-corrected chi connectivity index (χ1v) is 9.99. The molecular weight excluding hydrogens is 394 g/mol. The van der Waals surface area contributed by atoms with Gasteiger partial charge in [-0.1, -0.05) is 36.4 Å². The Bertz CT molecular complexity index is 1120. The van der Waals surface area contributed by atoms with E-state index >= 15 is 0 Å². The van der Waals surface area contributed by atoms with Crippen LogP contribution in [0, 0.1) is 0 Å². The van der Waals surface area contributed by atoms with Crippen LogP contribution in [0.15, 0.2) is 65.1 Å². The summed E-state index contributed by atoms with van der Waals surface area (Å²) in [5.41, 5.74) is 1.88. The van der Waals surface area contributed by atoms with Gasteiger partial charge in [0.1, 0.15) is 18.1 Å². The highest BCUT2D eigenvalue weighted by Gasteiger charge is 2.49. The zero-order valence-electron chi connectivity index (χ0n) is 17.7. The number of hydrogen-bond acceptors (Lipinski definition) is 5. The van der Waals surface area contributed by atoms with Crippen molar-refractivity contribution in [2.24, 2.45) is 0 Å². The van der Waals surface area contributed by atoms with Crippen molar-refractivity contribution in [2.45, 2.75) is 25.2 Å². The van der Waals surface area contributed by atoms with Crippen molar-refractivity contribution in [3.63, 3.8) is 0 Å². The zero-order chi connectivity index (χ0) is 22.0. The topological polar surface area (TPSA) is 80.9 Å². The first-order valence-electron chi connectivity index (χ1n) is 9.99. The summed E-state index contributed by atoms with van der Waals surface area (Å²) in [5.74, 6) is 1.10. The van der Waals surface area contributed by atoms with Crippen LogP contribution in [0.25, 0.3) is 11.6 Å². The smallest absolute Gasteiger partial charge is 0.257 e. The van der Waals surface area contributed by atoms with Crippen molar-refractivity contribution >= 4 is 23.2 Å². The Kier molecular flexibility index (Phi) is 5.78. The SMILES string of the molecule is COCc1ccc(/C(C)=C/c2ccc3c(c2)C(O)(c2ccccc2)C(OC)C(=O)N3)o1. The molecule has 0 saturated carbocycles. The van der Waals surface area contributed by atoms with E-state index in [0.717, 1.165) is 22.7 Å². The highest BCUT2D eigenvalue weighted by atomic mass is 16.5. The fourth-order valence-electron chi connectivity index (χ4n) is 4.01. The Morgan fingerprint density at radius 2 is 1.94 bits per heavy atom. The van der Waals surface area contributed by atoms with Gasteiger partial charge in [-0.3, -0.25) is 4.79 Å². The Morgan fingerprint density at radius 1 is 1.16 bits per heavy atom. The fraction of sp³-hybridized carbons (Fsp3) is 0.240. The third kappa shape index (κ3) is 3.81. The number of carbonyl (C=O) groups is 1. The number of amides is 1. The van der Waals surface area contributed by atoms with Gasteiger partial charge in [-0.25, -0.2) is 0 Å². The van der Waals surface area contributed by atoms with Crippen LogP contribution >= 0.6 is 0 Å². The predicted octanol–water partition coefficient (Wildman–Crippen LogP) is 4.19. The Labute approximate surface area is 181 Å². The maximum atomic E-state index is 12.6. The summed E-state index contributed by atoms with van der Waals surface area (Å²) in [5, 5.41) is 14.7. The molecule has 4 rings (SSSR count). The summed E-state index contributed by atoms with van der Waals surface area (Å²) in [6, 6.07) is 18.5. The minimum Gasteiger partial charge on any atom is -0.459 e. The summed E-state index contributed by atoms with van der Waals surface area (Å²) in [4.78, 5) is 12.6. The third-order valence-corrected chi connectivity index (χ3v) is 5.50. The monoisotopic (exact) mass is 419 g/mol. The summed E-state index contributed by atoms with van der Waals surface area (Å²) in [6.45, 7) is 2.37. The highest BCUT2D eigenvalue weighted by molar-refractivity contribution is 6.00. The van der Waals surface area contributed by atoms with Crippen LogP contribution in [-0.4, -0.2) is 31.3 Å². The largest absolute Gasteiger partial charge is 0.459 e. The molecule has 3 aromatic rings. The van der Waals surface area contributed by atoms with E-state index in [1.165, 1.54) is 7.11 Å². The average Bonchev–Trinajstić information content (AvgIpc) is 3.24. The number of rotatable bonds is 6. The van der Waals surface area contributed by atoms with E-state index in [1.54, 1.807) is 25.3 Å². The van der Waals surface area contributed by atoms with Gasteiger partial charge in [-0.2, -0.15) is 0 Å². The van der Waals surface area contributed by atoms with Crippen molar-refractivity contribution in [3.05, 3.63) is 88.9 Å². The summed E-state index contributed by atoms with van der Waals surface area (Å²) in [6.07, 6.45) is 0.892. The number of allylic oxidation sites excluding steroid dienone is 1. The number of hydrogen-bond donors (Lipinski definition) is 2. The maximum Gasteiger partial charge on any atom is 0.257 e. The molecule has 0 aliphatic carbocycles. The lowest BCUT2D eigenvalue weighted by atomic mass is 9.77. The number of fused-ring (bicyclic) bond motifs is 1. The molecular formula is C25H25NO5. The van der Waals surface area contributed by atoms with E-state index < -0.39 is 11.7 Å².